The van der Waals surface area contributed by atoms with Crippen LogP contribution in [0.15, 0.2) is 73.1 Å². The van der Waals surface area contributed by atoms with Gasteiger partial charge in [-0.1, -0.05) is 24.3 Å². The van der Waals surface area contributed by atoms with Crippen LogP contribution in [0.2, 0.25) is 0 Å². The van der Waals surface area contributed by atoms with E-state index in [-0.39, 0.29) is 6.03 Å². The van der Waals surface area contributed by atoms with Gasteiger partial charge in [0.15, 0.2) is 30.4 Å². The van der Waals surface area contributed by atoms with E-state index in [0.29, 0.717) is 23.7 Å². The molecule has 3 rings (SSSR count). The number of nitrogens with zero attached hydrogens (tertiary/aromatic N) is 1. The van der Waals surface area contributed by atoms with E-state index in [1.54, 1.807) is 14.2 Å². The van der Waals surface area contributed by atoms with Crippen molar-refractivity contribution in [1.29, 1.82) is 0 Å². The Hall–Kier alpha value is -3.54. The summed E-state index contributed by atoms with van der Waals surface area (Å²) in [5.41, 5.74) is 2.40. The number of aromatic nitrogens is 1. The molecule has 6 nitrogen and oxygen atoms in total. The first-order valence-electron chi connectivity index (χ1n) is 8.51. The van der Waals surface area contributed by atoms with Gasteiger partial charge < -0.3 is 20.1 Å². The maximum absolute atomic E-state index is 12.2. The number of nitrogens with one attached hydrogen (secondary N) is 2. The number of pyridine rings is 1. The molecule has 2 N–H and O–H groups in total. The fraction of sp³-hybridized carbons (Fsp3) is 0.143. The minimum atomic E-state index is -0.294. The van der Waals surface area contributed by atoms with Crippen molar-refractivity contribution in [3.05, 3.63) is 78.6 Å². The van der Waals surface area contributed by atoms with Crippen molar-refractivity contribution in [2.45, 2.75) is 6.54 Å². The number of anilines is 2. The molecular formula is C21H22N3O3+. The monoisotopic (exact) mass is 364 g/mol. The van der Waals surface area contributed by atoms with Gasteiger partial charge in [0, 0.05) is 11.8 Å². The topological polar surface area (TPSA) is 63.5 Å². The van der Waals surface area contributed by atoms with Gasteiger partial charge in [-0.3, -0.25) is 0 Å². The number of ether oxygens (including phenoxy) is 2. The zero-order chi connectivity index (χ0) is 19.1. The first kappa shape index (κ1) is 18.3. The Morgan fingerprint density at radius 3 is 2.37 bits per heavy atom. The van der Waals surface area contributed by atoms with E-state index in [2.05, 4.69) is 10.6 Å². The number of rotatable bonds is 6. The number of benzene rings is 2. The van der Waals surface area contributed by atoms with Crippen LogP contribution in [-0.4, -0.2) is 20.3 Å². The van der Waals surface area contributed by atoms with Gasteiger partial charge in [0.05, 0.1) is 19.8 Å². The lowest BCUT2D eigenvalue weighted by molar-refractivity contribution is -0.687. The second-order valence-corrected chi connectivity index (χ2v) is 5.86. The SMILES string of the molecule is COc1cccc(C[n+]2cccc(NC(=O)Nc3ccccc3)c2)c1OC. The molecule has 0 atom stereocenters. The largest absolute Gasteiger partial charge is 0.493 e. The lowest BCUT2D eigenvalue weighted by atomic mass is 10.2. The predicted octanol–water partition coefficient (Wildman–Crippen LogP) is 3.68. The molecule has 1 aromatic heterocycles. The summed E-state index contributed by atoms with van der Waals surface area (Å²) in [6.07, 6.45) is 3.79. The van der Waals surface area contributed by atoms with Gasteiger partial charge in [0.2, 0.25) is 0 Å². The first-order chi connectivity index (χ1) is 13.2. The molecule has 1 heterocycles. The smallest absolute Gasteiger partial charge is 0.323 e. The molecule has 0 aliphatic heterocycles. The van der Waals surface area contributed by atoms with Gasteiger partial charge in [-0.2, -0.15) is 4.57 Å². The van der Waals surface area contributed by atoms with Crippen molar-refractivity contribution in [2.24, 2.45) is 0 Å². The van der Waals surface area contributed by atoms with Gasteiger partial charge >= 0.3 is 6.03 Å². The fourth-order valence-electron chi connectivity index (χ4n) is 2.78. The lowest BCUT2D eigenvalue weighted by Crippen LogP contribution is -2.34. The van der Waals surface area contributed by atoms with Crippen molar-refractivity contribution in [3.8, 4) is 11.5 Å². The van der Waals surface area contributed by atoms with Gasteiger partial charge in [-0.15, -0.1) is 0 Å². The van der Waals surface area contributed by atoms with Gasteiger partial charge in [-0.25, -0.2) is 4.79 Å². The Labute approximate surface area is 158 Å². The van der Waals surface area contributed by atoms with Gasteiger partial charge in [0.1, 0.15) is 5.69 Å². The van der Waals surface area contributed by atoms with E-state index < -0.39 is 0 Å². The standard InChI is InChI=1S/C21H21N3O3/c1-26-19-12-6-8-16(20(19)27-2)14-24-13-7-11-18(15-24)23-21(25)22-17-9-4-3-5-10-17/h3-13,15H,14H2,1-2H3,(H-,22,23,25)/p+1. The molecule has 0 fully saturated rings. The van der Waals surface area contributed by atoms with Crippen LogP contribution in [0, 0.1) is 0 Å². The van der Waals surface area contributed by atoms with Crippen molar-refractivity contribution in [3.63, 3.8) is 0 Å². The third-order valence-corrected chi connectivity index (χ3v) is 3.99. The van der Waals surface area contributed by atoms with Crippen LogP contribution in [0.3, 0.4) is 0 Å². The van der Waals surface area contributed by atoms with E-state index in [1.807, 2.05) is 77.6 Å². The predicted molar refractivity (Wildman–Crippen MR) is 104 cm³/mol. The molecule has 2 aromatic carbocycles. The normalized spacial score (nSPS) is 10.1. The molecule has 6 heteroatoms. The molecule has 3 aromatic rings. The number of para-hydroxylation sites is 2. The third-order valence-electron chi connectivity index (χ3n) is 3.99. The number of urea groups is 1. The van der Waals surface area contributed by atoms with E-state index >= 15 is 0 Å². The zero-order valence-corrected chi connectivity index (χ0v) is 15.3. The van der Waals surface area contributed by atoms with Crippen LogP contribution in [0.1, 0.15) is 5.56 Å². The second kappa shape index (κ2) is 8.71. The van der Waals surface area contributed by atoms with Crippen molar-refractivity contribution in [1.82, 2.24) is 0 Å². The summed E-state index contributed by atoms with van der Waals surface area (Å²) in [5, 5.41) is 5.64. The quantitative estimate of drug-likeness (QED) is 0.656. The average Bonchev–Trinajstić information content (AvgIpc) is 2.68. The minimum Gasteiger partial charge on any atom is -0.493 e. The maximum atomic E-state index is 12.2. The van der Waals surface area contributed by atoms with Crippen molar-refractivity contribution in [2.75, 3.05) is 24.9 Å². The van der Waals surface area contributed by atoms with Gasteiger partial charge in [0.25, 0.3) is 0 Å². The van der Waals surface area contributed by atoms with Crippen LogP contribution >= 0.6 is 0 Å². The maximum Gasteiger partial charge on any atom is 0.323 e. The summed E-state index contributed by atoms with van der Waals surface area (Å²) in [6.45, 7) is 0.580. The zero-order valence-electron chi connectivity index (χ0n) is 15.3. The van der Waals surface area contributed by atoms with E-state index in [4.69, 9.17) is 9.47 Å². The summed E-state index contributed by atoms with van der Waals surface area (Å²) < 4.78 is 12.8. The summed E-state index contributed by atoms with van der Waals surface area (Å²) in [4.78, 5) is 12.2. The number of amides is 2. The van der Waals surface area contributed by atoms with Crippen LogP contribution in [0.4, 0.5) is 16.2 Å². The average molecular weight is 364 g/mol. The summed E-state index contributed by atoms with van der Waals surface area (Å²) in [5.74, 6) is 1.39. The molecule has 0 unspecified atom stereocenters. The molecule has 0 aliphatic rings. The number of methoxy groups -OCH3 is 2. The molecule has 0 spiro atoms. The van der Waals surface area contributed by atoms with E-state index in [0.717, 1.165) is 11.3 Å². The molecular weight excluding hydrogens is 342 g/mol. The Bertz CT molecular complexity index is 914. The first-order valence-corrected chi connectivity index (χ1v) is 8.51. The van der Waals surface area contributed by atoms with Crippen LogP contribution in [-0.2, 0) is 6.54 Å². The third kappa shape index (κ3) is 4.76. The second-order valence-electron chi connectivity index (χ2n) is 5.86. The molecule has 0 saturated heterocycles. The van der Waals surface area contributed by atoms with Crippen LogP contribution in [0.25, 0.3) is 0 Å². The van der Waals surface area contributed by atoms with Crippen molar-refractivity contribution >= 4 is 17.4 Å². The number of carbonyl (C=O) groups excluding carboxylic acids is 1. The Balaban J connectivity index is 1.72. The highest BCUT2D eigenvalue weighted by atomic mass is 16.5. The van der Waals surface area contributed by atoms with E-state index in [1.165, 1.54) is 0 Å². The Morgan fingerprint density at radius 2 is 1.63 bits per heavy atom. The molecule has 27 heavy (non-hydrogen) atoms. The summed E-state index contributed by atoms with van der Waals surface area (Å²) >= 11 is 0. The number of hydrogen-bond acceptors (Lipinski definition) is 3. The molecule has 0 bridgehead atoms. The molecule has 0 aliphatic carbocycles. The molecule has 0 saturated carbocycles. The summed E-state index contributed by atoms with van der Waals surface area (Å²) in [6, 6.07) is 18.5. The highest BCUT2D eigenvalue weighted by molar-refractivity contribution is 5.99. The van der Waals surface area contributed by atoms with Crippen LogP contribution < -0.4 is 24.7 Å². The van der Waals surface area contributed by atoms with Crippen molar-refractivity contribution < 1.29 is 18.8 Å². The molecule has 2 amide bonds. The Morgan fingerprint density at radius 1 is 0.889 bits per heavy atom. The van der Waals surface area contributed by atoms with Crippen LogP contribution in [0.5, 0.6) is 11.5 Å². The molecule has 138 valence electrons. The van der Waals surface area contributed by atoms with E-state index in [9.17, 15) is 4.79 Å². The van der Waals surface area contributed by atoms with Gasteiger partial charge in [-0.05, 0) is 30.3 Å². The fourth-order valence-corrected chi connectivity index (χ4v) is 2.78. The number of carbonyl (C=O) groups is 1. The highest BCUT2D eigenvalue weighted by Gasteiger charge is 2.14. The Kier molecular flexibility index (Phi) is 5.89. The lowest BCUT2D eigenvalue weighted by Gasteiger charge is -2.11. The number of hydrogen-bond donors (Lipinski definition) is 2. The highest BCUT2D eigenvalue weighted by Crippen LogP contribution is 2.30. The minimum absolute atomic E-state index is 0.294. The molecule has 0 radical (unpaired) electrons. The summed E-state index contributed by atoms with van der Waals surface area (Å²) in [7, 11) is 3.24.